The molecule has 1 amide bonds. The number of hydrogen-bond donors (Lipinski definition) is 2. The Hall–Kier alpha value is -2.57. The normalized spacial score (nSPS) is 19.1. The summed E-state index contributed by atoms with van der Waals surface area (Å²) in [5.74, 6) is -0.840. The van der Waals surface area contributed by atoms with Crippen molar-refractivity contribution in [3.05, 3.63) is 30.1 Å². The van der Waals surface area contributed by atoms with Crippen molar-refractivity contribution in [2.75, 3.05) is 18.0 Å². The Morgan fingerprint density at radius 3 is 3.05 bits per heavy atom. The van der Waals surface area contributed by atoms with Crippen molar-refractivity contribution < 1.29 is 14.7 Å². The maximum Gasteiger partial charge on any atom is 0.356 e. The summed E-state index contributed by atoms with van der Waals surface area (Å²) in [5, 5.41) is 12.2. The molecule has 1 aliphatic heterocycles. The number of carbonyl (C=O) groups is 2. The van der Waals surface area contributed by atoms with E-state index < -0.39 is 12.0 Å². The molecular formula is C13H14N4O3. The van der Waals surface area contributed by atoms with E-state index in [-0.39, 0.29) is 11.6 Å². The Morgan fingerprint density at radius 2 is 2.30 bits per heavy atom. The van der Waals surface area contributed by atoms with Crippen LogP contribution in [0.25, 0.3) is 5.65 Å². The number of carbonyl (C=O) groups excluding carboxylic acids is 1. The Balaban J connectivity index is 2.17. The van der Waals surface area contributed by atoms with Gasteiger partial charge in [0.2, 0.25) is 5.91 Å². The van der Waals surface area contributed by atoms with Crippen LogP contribution in [-0.2, 0) is 4.79 Å². The van der Waals surface area contributed by atoms with Gasteiger partial charge in [0.05, 0.1) is 0 Å². The largest absolute Gasteiger partial charge is 0.476 e. The lowest BCUT2D eigenvalue weighted by Gasteiger charge is -2.33. The van der Waals surface area contributed by atoms with Crippen LogP contribution in [0.15, 0.2) is 24.4 Å². The van der Waals surface area contributed by atoms with E-state index in [0.29, 0.717) is 24.6 Å². The number of nitrogens with one attached hydrogen (secondary N) is 1. The SMILES string of the molecule is CC1C(=O)NCCN1c1nc2ccccn2c1C(=O)O. The van der Waals surface area contributed by atoms with E-state index in [1.165, 1.54) is 4.40 Å². The highest BCUT2D eigenvalue weighted by Gasteiger charge is 2.31. The first kappa shape index (κ1) is 12.5. The summed E-state index contributed by atoms with van der Waals surface area (Å²) >= 11 is 0. The third-order valence-corrected chi connectivity index (χ3v) is 3.49. The molecule has 2 aromatic heterocycles. The molecule has 3 rings (SSSR count). The number of piperazine rings is 1. The molecule has 0 aromatic carbocycles. The number of pyridine rings is 1. The number of aromatic carboxylic acids is 1. The van der Waals surface area contributed by atoms with Crippen molar-refractivity contribution in [1.29, 1.82) is 0 Å². The van der Waals surface area contributed by atoms with E-state index in [1.807, 2.05) is 0 Å². The number of amides is 1. The maximum absolute atomic E-state index is 11.7. The van der Waals surface area contributed by atoms with Crippen LogP contribution >= 0.6 is 0 Å². The van der Waals surface area contributed by atoms with Crippen LogP contribution < -0.4 is 10.2 Å². The molecule has 7 nitrogen and oxygen atoms in total. The standard InChI is InChI=1S/C13H14N4O3/c1-8-12(18)14-5-7-16(8)11-10(13(19)20)17-6-3-2-4-9(17)15-11/h2-4,6,8H,5,7H2,1H3,(H,14,18)(H,19,20). The minimum Gasteiger partial charge on any atom is -0.476 e. The molecule has 1 fully saturated rings. The number of rotatable bonds is 2. The Labute approximate surface area is 114 Å². The van der Waals surface area contributed by atoms with Crippen molar-refractivity contribution in [2.45, 2.75) is 13.0 Å². The monoisotopic (exact) mass is 274 g/mol. The number of carboxylic acid groups (broad SMARTS) is 1. The highest BCUT2D eigenvalue weighted by atomic mass is 16.4. The van der Waals surface area contributed by atoms with E-state index in [0.717, 1.165) is 0 Å². The summed E-state index contributed by atoms with van der Waals surface area (Å²) < 4.78 is 1.52. The zero-order chi connectivity index (χ0) is 14.3. The molecule has 104 valence electrons. The van der Waals surface area contributed by atoms with Crippen LogP contribution in [0.3, 0.4) is 0 Å². The molecule has 3 heterocycles. The van der Waals surface area contributed by atoms with Gasteiger partial charge in [0.15, 0.2) is 11.5 Å². The van der Waals surface area contributed by atoms with E-state index in [9.17, 15) is 14.7 Å². The quantitative estimate of drug-likeness (QED) is 0.825. The summed E-state index contributed by atoms with van der Waals surface area (Å²) in [5.41, 5.74) is 0.639. The molecule has 2 N–H and O–H groups in total. The topological polar surface area (TPSA) is 86.9 Å². The van der Waals surface area contributed by atoms with Gasteiger partial charge in [-0.05, 0) is 19.1 Å². The van der Waals surface area contributed by atoms with Gasteiger partial charge in [-0.1, -0.05) is 6.07 Å². The number of aromatic nitrogens is 2. The molecule has 1 unspecified atom stereocenters. The fourth-order valence-corrected chi connectivity index (χ4v) is 2.45. The summed E-state index contributed by atoms with van der Waals surface area (Å²) in [4.78, 5) is 29.4. The van der Waals surface area contributed by atoms with Crippen molar-refractivity contribution >= 4 is 23.3 Å². The van der Waals surface area contributed by atoms with Crippen molar-refractivity contribution in [3.63, 3.8) is 0 Å². The third kappa shape index (κ3) is 1.78. The lowest BCUT2D eigenvalue weighted by Crippen LogP contribution is -2.54. The number of fused-ring (bicyclic) bond motifs is 1. The van der Waals surface area contributed by atoms with Crippen LogP contribution in [0, 0.1) is 0 Å². The molecule has 0 spiro atoms. The molecular weight excluding hydrogens is 260 g/mol. The smallest absolute Gasteiger partial charge is 0.356 e. The van der Waals surface area contributed by atoms with Crippen molar-refractivity contribution in [1.82, 2.24) is 14.7 Å². The van der Waals surface area contributed by atoms with E-state index >= 15 is 0 Å². The molecule has 7 heteroatoms. The summed E-state index contributed by atoms with van der Waals surface area (Å²) in [6.45, 7) is 2.76. The number of nitrogens with zero attached hydrogens (tertiary/aromatic N) is 3. The van der Waals surface area contributed by atoms with Crippen LogP contribution in [0.5, 0.6) is 0 Å². The number of anilines is 1. The first-order valence-electron chi connectivity index (χ1n) is 6.34. The van der Waals surface area contributed by atoms with Crippen LogP contribution in [0.1, 0.15) is 17.4 Å². The predicted octanol–water partition coefficient (Wildman–Crippen LogP) is 0.357. The first-order valence-corrected chi connectivity index (χ1v) is 6.34. The van der Waals surface area contributed by atoms with Gasteiger partial charge in [-0.3, -0.25) is 9.20 Å². The van der Waals surface area contributed by atoms with Gasteiger partial charge in [-0.25, -0.2) is 9.78 Å². The number of hydrogen-bond acceptors (Lipinski definition) is 4. The fraction of sp³-hybridized carbons (Fsp3) is 0.308. The highest BCUT2D eigenvalue weighted by molar-refractivity contribution is 5.95. The molecule has 0 aliphatic carbocycles. The summed E-state index contributed by atoms with van der Waals surface area (Å²) in [6.07, 6.45) is 1.66. The molecule has 1 atom stereocenters. The molecule has 2 aromatic rings. The Bertz CT molecular complexity index is 694. The zero-order valence-electron chi connectivity index (χ0n) is 10.9. The molecule has 20 heavy (non-hydrogen) atoms. The molecule has 1 aliphatic rings. The second-order valence-electron chi connectivity index (χ2n) is 4.68. The van der Waals surface area contributed by atoms with Gasteiger partial charge < -0.3 is 15.3 Å². The molecule has 0 saturated carbocycles. The summed E-state index contributed by atoms with van der Waals surface area (Å²) in [6, 6.07) is 4.85. The van der Waals surface area contributed by atoms with E-state index in [2.05, 4.69) is 10.3 Å². The lowest BCUT2D eigenvalue weighted by atomic mass is 10.2. The van der Waals surface area contributed by atoms with Gasteiger partial charge >= 0.3 is 5.97 Å². The van der Waals surface area contributed by atoms with E-state index in [1.54, 1.807) is 36.2 Å². The minimum absolute atomic E-state index is 0.0853. The first-order chi connectivity index (χ1) is 9.59. The van der Waals surface area contributed by atoms with Crippen molar-refractivity contribution in [3.8, 4) is 0 Å². The zero-order valence-corrected chi connectivity index (χ0v) is 10.9. The van der Waals surface area contributed by atoms with Gasteiger partial charge in [0, 0.05) is 19.3 Å². The second kappa shape index (κ2) is 4.52. The Kier molecular flexibility index (Phi) is 2.81. The molecule has 0 radical (unpaired) electrons. The molecule has 1 saturated heterocycles. The lowest BCUT2D eigenvalue weighted by molar-refractivity contribution is -0.122. The average molecular weight is 274 g/mol. The third-order valence-electron chi connectivity index (χ3n) is 3.49. The maximum atomic E-state index is 11.7. The fourth-order valence-electron chi connectivity index (χ4n) is 2.45. The second-order valence-corrected chi connectivity index (χ2v) is 4.68. The van der Waals surface area contributed by atoms with Crippen molar-refractivity contribution in [2.24, 2.45) is 0 Å². The van der Waals surface area contributed by atoms with Crippen LogP contribution in [0.4, 0.5) is 5.82 Å². The molecule has 0 bridgehead atoms. The van der Waals surface area contributed by atoms with Gasteiger partial charge in [0.25, 0.3) is 0 Å². The number of imidazole rings is 1. The minimum atomic E-state index is -1.06. The van der Waals surface area contributed by atoms with Gasteiger partial charge in [0.1, 0.15) is 11.7 Å². The predicted molar refractivity (Wildman–Crippen MR) is 72.0 cm³/mol. The summed E-state index contributed by atoms with van der Waals surface area (Å²) in [7, 11) is 0. The van der Waals surface area contributed by atoms with Gasteiger partial charge in [-0.2, -0.15) is 0 Å². The Morgan fingerprint density at radius 1 is 1.50 bits per heavy atom. The van der Waals surface area contributed by atoms with Gasteiger partial charge in [-0.15, -0.1) is 0 Å². The van der Waals surface area contributed by atoms with Crippen LogP contribution in [0.2, 0.25) is 0 Å². The number of carboxylic acids is 1. The van der Waals surface area contributed by atoms with E-state index in [4.69, 9.17) is 0 Å². The highest BCUT2D eigenvalue weighted by Crippen LogP contribution is 2.24. The van der Waals surface area contributed by atoms with Crippen LogP contribution in [-0.4, -0.2) is 45.5 Å². The average Bonchev–Trinajstić information content (AvgIpc) is 2.81.